The Morgan fingerprint density at radius 3 is 2.78 bits per heavy atom. The van der Waals surface area contributed by atoms with E-state index in [0.29, 0.717) is 18.5 Å². The molecule has 0 unspecified atom stereocenters. The largest absolute Gasteiger partial charge is 0.444 e. The number of nitrogens with one attached hydrogen (secondary N) is 2. The van der Waals surface area contributed by atoms with Crippen molar-refractivity contribution in [1.29, 1.82) is 0 Å². The zero-order valence-electron chi connectivity index (χ0n) is 16.1. The molecule has 1 saturated carbocycles. The number of guanidine groups is 1. The first-order chi connectivity index (χ1) is 13.3. The lowest BCUT2D eigenvalue weighted by molar-refractivity contribution is 0.0277. The highest BCUT2D eigenvalue weighted by atomic mass is 16.5. The summed E-state index contributed by atoms with van der Waals surface area (Å²) in [6.07, 6.45) is 9.56. The molecule has 0 aliphatic heterocycles. The number of aromatic nitrogens is 1. The molecule has 1 heterocycles. The van der Waals surface area contributed by atoms with Crippen molar-refractivity contribution >= 4 is 5.96 Å². The van der Waals surface area contributed by atoms with Gasteiger partial charge in [0, 0.05) is 25.8 Å². The van der Waals surface area contributed by atoms with Gasteiger partial charge in [-0.25, -0.2) is 4.98 Å². The van der Waals surface area contributed by atoms with Crippen molar-refractivity contribution in [3.63, 3.8) is 0 Å². The fourth-order valence-electron chi connectivity index (χ4n) is 3.26. The summed E-state index contributed by atoms with van der Waals surface area (Å²) < 4.78 is 11.5. The van der Waals surface area contributed by atoms with Gasteiger partial charge < -0.3 is 19.8 Å². The second-order valence-electron chi connectivity index (χ2n) is 6.85. The molecule has 1 aliphatic carbocycles. The number of oxazole rings is 1. The lowest BCUT2D eigenvalue weighted by atomic mass is 9.98. The highest BCUT2D eigenvalue weighted by Crippen LogP contribution is 2.20. The summed E-state index contributed by atoms with van der Waals surface area (Å²) >= 11 is 0. The van der Waals surface area contributed by atoms with Crippen LogP contribution < -0.4 is 10.6 Å². The van der Waals surface area contributed by atoms with E-state index < -0.39 is 0 Å². The van der Waals surface area contributed by atoms with Gasteiger partial charge in [0.05, 0.1) is 18.3 Å². The second-order valence-corrected chi connectivity index (χ2v) is 6.85. The van der Waals surface area contributed by atoms with Crippen molar-refractivity contribution in [2.75, 3.05) is 20.2 Å². The lowest BCUT2D eigenvalue weighted by Crippen LogP contribution is -2.37. The van der Waals surface area contributed by atoms with Crippen molar-refractivity contribution in [1.82, 2.24) is 15.6 Å². The Hall–Kier alpha value is -2.34. The van der Waals surface area contributed by atoms with Gasteiger partial charge >= 0.3 is 0 Å². The highest BCUT2D eigenvalue weighted by molar-refractivity contribution is 5.79. The summed E-state index contributed by atoms with van der Waals surface area (Å²) in [5, 5.41) is 6.58. The van der Waals surface area contributed by atoms with Gasteiger partial charge in [0.15, 0.2) is 5.96 Å². The molecule has 0 bridgehead atoms. The maximum absolute atomic E-state index is 5.95. The molecule has 2 N–H and O–H groups in total. The average Bonchev–Trinajstić information content (AvgIpc) is 3.20. The smallest absolute Gasteiger partial charge is 0.226 e. The number of aliphatic imine (C=N–C) groups is 1. The molecule has 1 aliphatic rings. The maximum atomic E-state index is 5.95. The van der Waals surface area contributed by atoms with Crippen molar-refractivity contribution in [2.45, 2.75) is 51.2 Å². The molecule has 0 amide bonds. The van der Waals surface area contributed by atoms with Gasteiger partial charge in [-0.2, -0.15) is 0 Å². The summed E-state index contributed by atoms with van der Waals surface area (Å²) in [4.78, 5) is 8.77. The molecule has 27 heavy (non-hydrogen) atoms. The zero-order valence-corrected chi connectivity index (χ0v) is 16.1. The van der Waals surface area contributed by atoms with Gasteiger partial charge in [0.1, 0.15) is 6.26 Å². The SMILES string of the molecule is CN=C(NCCCOC1CCCCC1)NCc1coc(-c2ccccc2)n1. The zero-order chi connectivity index (χ0) is 18.7. The van der Waals surface area contributed by atoms with Crippen molar-refractivity contribution in [3.05, 3.63) is 42.3 Å². The number of nitrogens with zero attached hydrogens (tertiary/aromatic N) is 2. The molecule has 1 aromatic heterocycles. The van der Waals surface area contributed by atoms with Crippen LogP contribution in [0.5, 0.6) is 0 Å². The average molecular weight is 370 g/mol. The first kappa shape index (κ1) is 19.4. The molecule has 0 radical (unpaired) electrons. The van der Waals surface area contributed by atoms with E-state index in [9.17, 15) is 0 Å². The van der Waals surface area contributed by atoms with Gasteiger partial charge in [-0.15, -0.1) is 0 Å². The van der Waals surface area contributed by atoms with Crippen LogP contribution in [0.15, 0.2) is 46.0 Å². The minimum absolute atomic E-state index is 0.474. The topological polar surface area (TPSA) is 71.7 Å². The summed E-state index contributed by atoms with van der Waals surface area (Å²) in [6.45, 7) is 2.20. The summed E-state index contributed by atoms with van der Waals surface area (Å²) in [5.41, 5.74) is 1.82. The predicted molar refractivity (Wildman–Crippen MR) is 108 cm³/mol. The van der Waals surface area contributed by atoms with Crippen LogP contribution in [0.1, 0.15) is 44.2 Å². The fraction of sp³-hybridized carbons (Fsp3) is 0.524. The van der Waals surface area contributed by atoms with Crippen LogP contribution in [0.3, 0.4) is 0 Å². The van der Waals surface area contributed by atoms with E-state index in [-0.39, 0.29) is 0 Å². The third kappa shape index (κ3) is 6.40. The van der Waals surface area contributed by atoms with Crippen LogP contribution >= 0.6 is 0 Å². The quantitative estimate of drug-likeness (QED) is 0.421. The van der Waals surface area contributed by atoms with E-state index in [4.69, 9.17) is 9.15 Å². The van der Waals surface area contributed by atoms with Crippen LogP contribution in [0.2, 0.25) is 0 Å². The minimum atomic E-state index is 0.474. The van der Waals surface area contributed by atoms with Crippen LogP contribution in [0.25, 0.3) is 11.5 Å². The monoisotopic (exact) mass is 370 g/mol. The van der Waals surface area contributed by atoms with E-state index in [2.05, 4.69) is 20.6 Å². The van der Waals surface area contributed by atoms with Crippen LogP contribution in [-0.2, 0) is 11.3 Å². The molecule has 6 nitrogen and oxygen atoms in total. The van der Waals surface area contributed by atoms with Crippen LogP contribution in [0, 0.1) is 0 Å². The molecule has 146 valence electrons. The normalized spacial score (nSPS) is 15.7. The van der Waals surface area contributed by atoms with E-state index in [1.807, 2.05) is 30.3 Å². The molecule has 0 atom stereocenters. The van der Waals surface area contributed by atoms with E-state index in [1.54, 1.807) is 13.3 Å². The molecule has 2 aromatic rings. The first-order valence-corrected chi connectivity index (χ1v) is 9.91. The predicted octanol–water partition coefficient (Wildman–Crippen LogP) is 3.75. The third-order valence-electron chi connectivity index (χ3n) is 4.75. The highest BCUT2D eigenvalue weighted by Gasteiger charge is 2.13. The maximum Gasteiger partial charge on any atom is 0.226 e. The molecule has 3 rings (SSSR count). The van der Waals surface area contributed by atoms with Gasteiger partial charge in [0.25, 0.3) is 0 Å². The molecule has 1 aromatic carbocycles. The summed E-state index contributed by atoms with van der Waals surface area (Å²) in [7, 11) is 1.77. The Morgan fingerprint density at radius 2 is 2.00 bits per heavy atom. The molecular weight excluding hydrogens is 340 g/mol. The van der Waals surface area contributed by atoms with E-state index in [0.717, 1.165) is 36.8 Å². The standard InChI is InChI=1S/C21H30N4O2/c1-22-21(23-13-8-14-26-19-11-6-3-7-12-19)24-15-18-16-27-20(25-18)17-9-4-2-5-10-17/h2,4-5,9-10,16,19H,3,6-8,11-15H2,1H3,(H2,22,23,24). The molecule has 0 saturated heterocycles. The van der Waals surface area contributed by atoms with E-state index in [1.165, 1.54) is 32.1 Å². The number of hydrogen-bond donors (Lipinski definition) is 2. The Balaban J connectivity index is 1.34. The lowest BCUT2D eigenvalue weighted by Gasteiger charge is -2.22. The van der Waals surface area contributed by atoms with Crippen molar-refractivity contribution < 1.29 is 9.15 Å². The van der Waals surface area contributed by atoms with Gasteiger partial charge in [0.2, 0.25) is 5.89 Å². The summed E-state index contributed by atoms with van der Waals surface area (Å²) in [5.74, 6) is 1.40. The Kier molecular flexibility index (Phi) is 7.71. The Bertz CT molecular complexity index is 693. The molecular formula is C21H30N4O2. The van der Waals surface area contributed by atoms with Crippen molar-refractivity contribution in [2.24, 2.45) is 4.99 Å². The Morgan fingerprint density at radius 1 is 1.19 bits per heavy atom. The third-order valence-corrected chi connectivity index (χ3v) is 4.75. The second kappa shape index (κ2) is 10.7. The first-order valence-electron chi connectivity index (χ1n) is 9.91. The minimum Gasteiger partial charge on any atom is -0.444 e. The number of ether oxygens (including phenoxy) is 1. The van der Waals surface area contributed by atoms with Gasteiger partial charge in [-0.1, -0.05) is 37.5 Å². The molecule has 0 spiro atoms. The van der Waals surface area contributed by atoms with Gasteiger partial charge in [-0.05, 0) is 31.4 Å². The molecule has 1 fully saturated rings. The number of rotatable bonds is 8. The van der Waals surface area contributed by atoms with Crippen LogP contribution in [0.4, 0.5) is 0 Å². The fourth-order valence-corrected chi connectivity index (χ4v) is 3.26. The number of benzene rings is 1. The van der Waals surface area contributed by atoms with Crippen LogP contribution in [-0.4, -0.2) is 37.2 Å². The van der Waals surface area contributed by atoms with Gasteiger partial charge in [-0.3, -0.25) is 4.99 Å². The Labute approximate surface area is 161 Å². The molecule has 6 heteroatoms. The van der Waals surface area contributed by atoms with Crippen molar-refractivity contribution in [3.8, 4) is 11.5 Å². The summed E-state index contributed by atoms with van der Waals surface area (Å²) in [6, 6.07) is 9.89. The van der Waals surface area contributed by atoms with E-state index >= 15 is 0 Å². The number of hydrogen-bond acceptors (Lipinski definition) is 4.